The maximum absolute atomic E-state index is 8.92. The Labute approximate surface area is 104 Å². The summed E-state index contributed by atoms with van der Waals surface area (Å²) in [6, 6.07) is 3.94. The van der Waals surface area contributed by atoms with Crippen molar-refractivity contribution < 1.29 is 9.84 Å². The highest BCUT2D eigenvalue weighted by Gasteiger charge is 2.08. The van der Waals surface area contributed by atoms with Gasteiger partial charge in [0.25, 0.3) is 0 Å². The summed E-state index contributed by atoms with van der Waals surface area (Å²) >= 11 is 3.40. The fourth-order valence-corrected chi connectivity index (χ4v) is 1.61. The highest BCUT2D eigenvalue weighted by molar-refractivity contribution is 9.10. The van der Waals surface area contributed by atoms with Crippen LogP contribution in [0.25, 0.3) is 0 Å². The summed E-state index contributed by atoms with van der Waals surface area (Å²) in [5.74, 6) is 0.802. The van der Waals surface area contributed by atoms with Gasteiger partial charge in [0.2, 0.25) is 0 Å². The van der Waals surface area contributed by atoms with Gasteiger partial charge in [-0.15, -0.1) is 0 Å². The summed E-state index contributed by atoms with van der Waals surface area (Å²) in [6.07, 6.45) is 0.643. The van der Waals surface area contributed by atoms with Gasteiger partial charge >= 0.3 is 0 Å². The number of nitrogens with one attached hydrogen (secondary N) is 1. The van der Waals surface area contributed by atoms with Crippen LogP contribution < -0.4 is 5.32 Å². The van der Waals surface area contributed by atoms with Crippen LogP contribution in [0.15, 0.2) is 16.6 Å². The van der Waals surface area contributed by atoms with Gasteiger partial charge in [-0.3, -0.25) is 0 Å². The van der Waals surface area contributed by atoms with Crippen LogP contribution in [0.4, 0.5) is 5.82 Å². The number of ether oxygens (including phenoxy) is 1. The Hall–Kier alpha value is -0.650. The Kier molecular flexibility index (Phi) is 5.73. The second-order valence-electron chi connectivity index (χ2n) is 3.57. The van der Waals surface area contributed by atoms with Crippen LogP contribution in [0.2, 0.25) is 0 Å². The van der Waals surface area contributed by atoms with Crippen LogP contribution in [-0.2, 0) is 4.74 Å². The number of rotatable bonds is 6. The largest absolute Gasteiger partial charge is 0.396 e. The second-order valence-corrected chi connectivity index (χ2v) is 4.43. The number of halogens is 1. The Bertz CT molecular complexity index is 328. The molecule has 2 N–H and O–H groups in total. The van der Waals surface area contributed by atoms with E-state index in [-0.39, 0.29) is 12.6 Å². The lowest BCUT2D eigenvalue weighted by molar-refractivity contribution is 0.170. The quantitative estimate of drug-likeness (QED) is 0.840. The molecule has 0 aromatic carbocycles. The summed E-state index contributed by atoms with van der Waals surface area (Å²) < 4.78 is 6.06. The van der Waals surface area contributed by atoms with Gasteiger partial charge in [0.15, 0.2) is 0 Å². The van der Waals surface area contributed by atoms with E-state index in [1.165, 1.54) is 0 Å². The number of aliphatic hydroxyl groups is 1. The molecule has 0 fully saturated rings. The van der Waals surface area contributed by atoms with Crippen molar-refractivity contribution in [3.63, 3.8) is 0 Å². The molecule has 1 rings (SSSR count). The van der Waals surface area contributed by atoms with Crippen molar-refractivity contribution >= 4 is 21.7 Å². The monoisotopic (exact) mass is 288 g/mol. The topological polar surface area (TPSA) is 54.4 Å². The molecule has 0 amide bonds. The lowest BCUT2D eigenvalue weighted by Gasteiger charge is -2.17. The average Bonchev–Trinajstić information content (AvgIpc) is 2.24. The molecular formula is C11H17BrN2O2. The zero-order valence-electron chi connectivity index (χ0n) is 9.53. The summed E-state index contributed by atoms with van der Waals surface area (Å²) in [5, 5.41) is 12.1. The Morgan fingerprint density at radius 2 is 2.31 bits per heavy atom. The predicted molar refractivity (Wildman–Crippen MR) is 67.7 cm³/mol. The van der Waals surface area contributed by atoms with E-state index in [0.717, 1.165) is 16.0 Å². The summed E-state index contributed by atoms with van der Waals surface area (Å²) in [5.41, 5.74) is 0.935. The molecule has 0 bridgehead atoms. The van der Waals surface area contributed by atoms with E-state index in [2.05, 4.69) is 26.2 Å². The molecule has 1 aromatic rings. The van der Waals surface area contributed by atoms with Gasteiger partial charge in [-0.25, -0.2) is 4.98 Å². The van der Waals surface area contributed by atoms with Crippen LogP contribution >= 0.6 is 15.9 Å². The summed E-state index contributed by atoms with van der Waals surface area (Å²) in [4.78, 5) is 4.38. The van der Waals surface area contributed by atoms with Gasteiger partial charge < -0.3 is 15.2 Å². The Morgan fingerprint density at radius 3 is 2.88 bits per heavy atom. The third kappa shape index (κ3) is 4.08. The molecule has 0 saturated heterocycles. The van der Waals surface area contributed by atoms with Gasteiger partial charge in [-0.2, -0.15) is 0 Å². The van der Waals surface area contributed by atoms with Crippen molar-refractivity contribution in [2.45, 2.75) is 19.4 Å². The van der Waals surface area contributed by atoms with Gasteiger partial charge in [0.1, 0.15) is 5.82 Å². The molecular weight excluding hydrogens is 272 g/mol. The molecule has 90 valence electrons. The zero-order chi connectivity index (χ0) is 12.0. The summed E-state index contributed by atoms with van der Waals surface area (Å²) in [7, 11) is 1.65. The fourth-order valence-electron chi connectivity index (χ4n) is 1.39. The van der Waals surface area contributed by atoms with E-state index in [9.17, 15) is 0 Å². The Morgan fingerprint density at radius 1 is 1.56 bits per heavy atom. The second kappa shape index (κ2) is 6.83. The highest BCUT2D eigenvalue weighted by atomic mass is 79.9. The first kappa shape index (κ1) is 13.4. The minimum Gasteiger partial charge on any atom is -0.396 e. The molecule has 0 aliphatic carbocycles. The van der Waals surface area contributed by atoms with Crippen molar-refractivity contribution in [1.29, 1.82) is 0 Å². The lowest BCUT2D eigenvalue weighted by atomic mass is 10.2. The van der Waals surface area contributed by atoms with E-state index in [1.54, 1.807) is 7.11 Å². The van der Waals surface area contributed by atoms with Crippen LogP contribution in [0, 0.1) is 6.92 Å². The molecule has 4 nitrogen and oxygen atoms in total. The molecule has 0 aliphatic heterocycles. The van der Waals surface area contributed by atoms with Crippen LogP contribution in [-0.4, -0.2) is 36.5 Å². The van der Waals surface area contributed by atoms with E-state index in [0.29, 0.717) is 13.0 Å². The van der Waals surface area contributed by atoms with Crippen molar-refractivity contribution in [2.24, 2.45) is 0 Å². The Balaban J connectivity index is 2.65. The zero-order valence-corrected chi connectivity index (χ0v) is 11.1. The van der Waals surface area contributed by atoms with Gasteiger partial charge in [0, 0.05) is 18.2 Å². The number of anilines is 1. The number of aromatic nitrogens is 1. The average molecular weight is 289 g/mol. The maximum atomic E-state index is 8.92. The van der Waals surface area contributed by atoms with Gasteiger partial charge in [0.05, 0.1) is 18.3 Å². The first-order valence-electron chi connectivity index (χ1n) is 5.17. The minimum absolute atomic E-state index is 0.0862. The fraction of sp³-hybridized carbons (Fsp3) is 0.545. The number of aliphatic hydroxyl groups excluding tert-OH is 1. The molecule has 0 radical (unpaired) electrons. The van der Waals surface area contributed by atoms with E-state index >= 15 is 0 Å². The standard InChI is InChI=1S/C11H17BrN2O2/c1-8-10(12)3-4-11(13-8)14-9(5-6-15)7-16-2/h3-4,9,15H,5-7H2,1-2H3,(H,13,14). The minimum atomic E-state index is 0.0862. The number of nitrogens with zero attached hydrogens (tertiary/aromatic N) is 1. The van der Waals surface area contributed by atoms with Gasteiger partial charge in [-0.05, 0) is 41.4 Å². The first-order valence-corrected chi connectivity index (χ1v) is 5.96. The molecule has 16 heavy (non-hydrogen) atoms. The normalized spacial score (nSPS) is 12.5. The van der Waals surface area contributed by atoms with E-state index in [1.807, 2.05) is 19.1 Å². The van der Waals surface area contributed by atoms with E-state index < -0.39 is 0 Å². The third-order valence-corrected chi connectivity index (χ3v) is 3.06. The maximum Gasteiger partial charge on any atom is 0.126 e. The predicted octanol–water partition coefficient (Wildman–Crippen LogP) is 1.96. The SMILES string of the molecule is COCC(CCO)Nc1ccc(Br)c(C)n1. The van der Waals surface area contributed by atoms with Crippen molar-refractivity contribution in [2.75, 3.05) is 25.6 Å². The molecule has 0 saturated carbocycles. The molecule has 0 spiro atoms. The third-order valence-electron chi connectivity index (χ3n) is 2.22. The molecule has 0 aliphatic rings. The first-order chi connectivity index (χ1) is 7.67. The van der Waals surface area contributed by atoms with Crippen molar-refractivity contribution in [3.05, 3.63) is 22.3 Å². The molecule has 1 heterocycles. The van der Waals surface area contributed by atoms with E-state index in [4.69, 9.17) is 9.84 Å². The summed E-state index contributed by atoms with van der Waals surface area (Å²) in [6.45, 7) is 2.63. The number of aryl methyl sites for hydroxylation is 1. The lowest BCUT2D eigenvalue weighted by Crippen LogP contribution is -2.26. The van der Waals surface area contributed by atoms with Crippen molar-refractivity contribution in [1.82, 2.24) is 4.98 Å². The van der Waals surface area contributed by atoms with Crippen LogP contribution in [0.1, 0.15) is 12.1 Å². The van der Waals surface area contributed by atoms with Crippen LogP contribution in [0.5, 0.6) is 0 Å². The molecule has 1 aromatic heterocycles. The highest BCUT2D eigenvalue weighted by Crippen LogP contribution is 2.17. The smallest absolute Gasteiger partial charge is 0.126 e. The molecule has 5 heteroatoms. The van der Waals surface area contributed by atoms with Gasteiger partial charge in [-0.1, -0.05) is 0 Å². The number of hydrogen-bond acceptors (Lipinski definition) is 4. The van der Waals surface area contributed by atoms with Crippen LogP contribution in [0.3, 0.4) is 0 Å². The molecule has 1 atom stereocenters. The number of methoxy groups -OCH3 is 1. The number of hydrogen-bond donors (Lipinski definition) is 2. The molecule has 1 unspecified atom stereocenters. The van der Waals surface area contributed by atoms with Crippen molar-refractivity contribution in [3.8, 4) is 0 Å². The number of pyridine rings is 1.